The average molecular weight is 684 g/mol. The van der Waals surface area contributed by atoms with Crippen LogP contribution in [0.5, 0.6) is 23.0 Å². The van der Waals surface area contributed by atoms with E-state index in [2.05, 4.69) is 82.2 Å². The molecule has 43 heavy (non-hydrogen) atoms. The first-order chi connectivity index (χ1) is 20.9. The van der Waals surface area contributed by atoms with E-state index in [1.807, 2.05) is 36.4 Å². The van der Waals surface area contributed by atoms with Gasteiger partial charge in [0.05, 0.1) is 0 Å². The van der Waals surface area contributed by atoms with Crippen molar-refractivity contribution in [3.63, 3.8) is 0 Å². The van der Waals surface area contributed by atoms with Gasteiger partial charge in [0.2, 0.25) is 0 Å². The molecule has 2 heterocycles. The first-order valence-electron chi connectivity index (χ1n) is 14.0. The zero-order valence-corrected chi connectivity index (χ0v) is 26.3. The molecule has 2 aliphatic heterocycles. The molecule has 4 aromatic carbocycles. The van der Waals surface area contributed by atoms with Gasteiger partial charge in [-0.15, -0.1) is 6.42 Å². The van der Waals surface area contributed by atoms with Gasteiger partial charge in [-0.3, -0.25) is 0 Å². The molecule has 0 unspecified atom stereocenters. The molecule has 218 valence electrons. The summed E-state index contributed by atoms with van der Waals surface area (Å²) in [5.74, 6) is 8.43. The van der Waals surface area contributed by atoms with Crippen LogP contribution in [0.15, 0.2) is 84.9 Å². The van der Waals surface area contributed by atoms with Gasteiger partial charge in [-0.05, 0) is 24.3 Å². The normalized spacial score (nSPS) is 14.0. The van der Waals surface area contributed by atoms with Crippen molar-refractivity contribution in [2.24, 2.45) is 0 Å². The van der Waals surface area contributed by atoms with Gasteiger partial charge in [0.25, 0.3) is 0 Å². The van der Waals surface area contributed by atoms with Crippen LogP contribution in [0.2, 0.25) is 0 Å². The molecule has 0 bridgehead atoms. The number of rotatable bonds is 8. The molecule has 0 spiro atoms. The number of benzene rings is 4. The summed E-state index contributed by atoms with van der Waals surface area (Å²) in [4.78, 5) is 2.21. The van der Waals surface area contributed by atoms with Crippen LogP contribution in [0.25, 0.3) is 0 Å². The molecule has 0 radical (unpaired) electrons. The Bertz CT molecular complexity index is 1560. The molecule has 0 saturated heterocycles. The Balaban J connectivity index is 1.19. The van der Waals surface area contributed by atoms with Crippen molar-refractivity contribution in [1.82, 2.24) is 0 Å². The van der Waals surface area contributed by atoms with Gasteiger partial charge in [-0.1, -0.05) is 5.92 Å². The Morgan fingerprint density at radius 2 is 1.30 bits per heavy atom. The summed E-state index contributed by atoms with van der Waals surface area (Å²) in [6, 6.07) is 29.2. The summed E-state index contributed by atoms with van der Waals surface area (Å²) in [5.41, 5.74) is 6.78. The van der Waals surface area contributed by atoms with Gasteiger partial charge in [0.15, 0.2) is 0 Å². The van der Waals surface area contributed by atoms with Crippen molar-refractivity contribution in [2.45, 2.75) is 32.4 Å². The van der Waals surface area contributed by atoms with E-state index in [1.165, 1.54) is 16.7 Å². The summed E-state index contributed by atoms with van der Waals surface area (Å²) < 4.78 is 25.8. The van der Waals surface area contributed by atoms with Crippen LogP contribution in [0, 0.1) is 24.7 Å². The van der Waals surface area contributed by atoms with E-state index in [-0.39, 0.29) is 18.6 Å². The predicted molar refractivity (Wildman–Crippen MR) is 165 cm³/mol. The largest absolute Gasteiger partial charge is 0.0350 e. The number of ether oxygens (including phenoxy) is 3. The average Bonchev–Trinajstić information content (AvgIpc) is 3.05. The van der Waals surface area contributed by atoms with Crippen molar-refractivity contribution in [3.8, 4) is 47.7 Å². The summed E-state index contributed by atoms with van der Waals surface area (Å²) in [6.45, 7) is 7.12. The second kappa shape index (κ2) is 12.4. The van der Waals surface area contributed by atoms with E-state index in [9.17, 15) is 0 Å². The molecule has 0 fully saturated rings. The molecule has 0 aromatic heterocycles. The minimum absolute atomic E-state index is 0.226. The molecular formula is C36H32IN2O4-. The summed E-state index contributed by atoms with van der Waals surface area (Å²) >= 11 is -0.632. The quantitative estimate of drug-likeness (QED) is 0.161. The fourth-order valence-corrected chi connectivity index (χ4v) is 7.16. The third-order valence-electron chi connectivity index (χ3n) is 7.77. The number of anilines is 2. The molecule has 0 amide bonds. The molecule has 4 aromatic rings. The van der Waals surface area contributed by atoms with Crippen molar-refractivity contribution in [3.05, 3.63) is 107 Å². The summed E-state index contributed by atoms with van der Waals surface area (Å²) in [5, 5.41) is 0. The van der Waals surface area contributed by atoms with E-state index in [1.54, 1.807) is 0 Å². The molecule has 0 N–H and O–H groups in total. The topological polar surface area (TPSA) is 43.4 Å². The Morgan fingerprint density at radius 1 is 0.744 bits per heavy atom. The van der Waals surface area contributed by atoms with Gasteiger partial charge in [0.1, 0.15) is 12.4 Å². The standard InChI is InChI=1S/C36H32IN2O4/c1-5-19-40-32-13-9-30(10-14-32)38-23-26-21-28(7-17-34(26)42-25-38)36(3,4)29-8-18-35-27(22-29)24-39(37-43-35)31-11-15-33(16-12-31)41-20-6-2/h1-2,7-18,21-22H,19-20,23-25H2,3-4H3/q-1. The van der Waals surface area contributed by atoms with Crippen molar-refractivity contribution in [1.29, 1.82) is 0 Å². The van der Waals surface area contributed by atoms with Crippen molar-refractivity contribution < 1.29 is 39.2 Å². The predicted octanol–water partition coefficient (Wildman–Crippen LogP) is 3.71. The van der Waals surface area contributed by atoms with Crippen LogP contribution in [0.4, 0.5) is 11.4 Å². The first-order valence-corrected chi connectivity index (χ1v) is 15.9. The Hall–Kier alpha value is -4.47. The van der Waals surface area contributed by atoms with Crippen LogP contribution in [0.3, 0.4) is 0 Å². The van der Waals surface area contributed by atoms with Gasteiger partial charge in [-0.25, -0.2) is 0 Å². The zero-order chi connectivity index (χ0) is 29.8. The zero-order valence-electron chi connectivity index (χ0n) is 24.2. The molecule has 0 atom stereocenters. The van der Waals surface area contributed by atoms with E-state index in [0.29, 0.717) is 6.73 Å². The molecular weight excluding hydrogens is 651 g/mol. The van der Waals surface area contributed by atoms with E-state index >= 15 is 0 Å². The van der Waals surface area contributed by atoms with Crippen LogP contribution >= 0.6 is 0 Å². The van der Waals surface area contributed by atoms with Gasteiger partial charge in [0, 0.05) is 0 Å². The van der Waals surface area contributed by atoms with Crippen LogP contribution in [0.1, 0.15) is 36.1 Å². The Kier molecular flexibility index (Phi) is 8.26. The van der Waals surface area contributed by atoms with E-state index in [4.69, 9.17) is 30.1 Å². The number of terminal acetylenes is 2. The molecule has 0 saturated carbocycles. The van der Waals surface area contributed by atoms with Gasteiger partial charge < -0.3 is 4.74 Å². The van der Waals surface area contributed by atoms with Crippen molar-refractivity contribution >= 4 is 11.4 Å². The molecule has 0 aliphatic carbocycles. The van der Waals surface area contributed by atoms with Crippen LogP contribution in [-0.2, 0) is 18.5 Å². The molecule has 6 rings (SSSR count). The number of halogens is 1. The summed E-state index contributed by atoms with van der Waals surface area (Å²) in [6.07, 6.45) is 10.6. The van der Waals surface area contributed by atoms with Crippen LogP contribution < -0.4 is 47.2 Å². The summed E-state index contributed by atoms with van der Waals surface area (Å²) in [7, 11) is 0. The minimum Gasteiger partial charge on any atom is -0.0350 e. The fraction of sp³-hybridized carbons (Fsp3) is 0.222. The Labute approximate surface area is 264 Å². The number of nitrogens with zero attached hydrogens (tertiary/aromatic N) is 2. The van der Waals surface area contributed by atoms with Gasteiger partial charge in [-0.2, -0.15) is 0 Å². The Morgan fingerprint density at radius 3 is 1.91 bits per heavy atom. The number of hydrogen-bond acceptors (Lipinski definition) is 6. The van der Waals surface area contributed by atoms with Crippen LogP contribution in [-0.4, -0.2) is 19.9 Å². The number of hydrogen-bond donors (Lipinski definition) is 0. The maximum Gasteiger partial charge on any atom is -0.0179 e. The fourth-order valence-electron chi connectivity index (χ4n) is 5.22. The third kappa shape index (κ3) is 6.18. The van der Waals surface area contributed by atoms with E-state index in [0.717, 1.165) is 53.0 Å². The maximum atomic E-state index is 6.25. The smallest absolute Gasteiger partial charge is 0.0179 e. The second-order valence-electron chi connectivity index (χ2n) is 10.9. The van der Waals surface area contributed by atoms with E-state index < -0.39 is 21.9 Å². The first kappa shape index (κ1) is 28.6. The van der Waals surface area contributed by atoms with Crippen molar-refractivity contribution in [2.75, 3.05) is 28.0 Å². The SMILES string of the molecule is C#CCOc1ccc(N2COc3ccc(C(C)(C)c4ccc5c(c4)CN(c4ccc(OCC#C)cc4)[I-]O5)cc3C2)cc1. The van der Waals surface area contributed by atoms with Gasteiger partial charge >= 0.3 is 212 Å². The minimum atomic E-state index is -0.632. The molecule has 7 heteroatoms. The maximum absolute atomic E-state index is 6.25. The molecule has 2 aliphatic rings. The monoisotopic (exact) mass is 683 g/mol. The number of fused-ring (bicyclic) bond motifs is 2. The third-order valence-corrected chi connectivity index (χ3v) is 9.82. The molecule has 6 nitrogen and oxygen atoms in total. The second-order valence-corrected chi connectivity index (χ2v) is 12.9.